The number of phenolic OH excluding ortho intramolecular Hbond substituents is 21. The summed E-state index contributed by atoms with van der Waals surface area (Å²) in [7, 11) is 0. The number of benzene rings is 10. The molecule has 0 saturated heterocycles. The fraction of sp³-hybridized carbons (Fsp3) is 0.155. The molecule has 0 aliphatic heterocycles. The van der Waals surface area contributed by atoms with Crippen LogP contribution in [0.5, 0.6) is 121 Å². The van der Waals surface area contributed by atoms with E-state index in [2.05, 4.69) is 0 Å². The van der Waals surface area contributed by atoms with Crippen molar-refractivity contribution in [2.75, 3.05) is 0 Å². The molecule has 0 amide bonds. The van der Waals surface area contributed by atoms with E-state index in [9.17, 15) is 107 Å². The van der Waals surface area contributed by atoms with Crippen LogP contribution in [0.15, 0.2) is 133 Å². The van der Waals surface area contributed by atoms with Crippen molar-refractivity contribution < 1.29 is 107 Å². The Morgan fingerprint density at radius 1 is 0.207 bits per heavy atom. The van der Waals surface area contributed by atoms with Gasteiger partial charge in [0.15, 0.2) is 69.0 Å². The third-order valence-corrected chi connectivity index (χ3v) is 17.8. The van der Waals surface area contributed by atoms with Crippen LogP contribution in [-0.2, 0) is 10.8 Å². The average molecular weight is 1250 g/mol. The Kier molecular flexibility index (Phi) is 15.7. The highest BCUT2D eigenvalue weighted by atomic mass is 16.4. The Morgan fingerprint density at radius 3 is 0.652 bits per heavy atom. The summed E-state index contributed by atoms with van der Waals surface area (Å²) in [5, 5.41) is 234. The first-order chi connectivity index (χ1) is 43.2. The van der Waals surface area contributed by atoms with E-state index in [-0.39, 0.29) is 72.5 Å². The van der Waals surface area contributed by atoms with E-state index in [0.29, 0.717) is 27.8 Å². The largest absolute Gasteiger partial charge is 0.507 e. The molecule has 0 spiro atoms. The molecular formula is C71H64O21. The molecule has 21 N–H and O–H groups in total. The minimum Gasteiger partial charge on any atom is -0.507 e. The van der Waals surface area contributed by atoms with Crippen LogP contribution in [0.3, 0.4) is 0 Å². The van der Waals surface area contributed by atoms with Gasteiger partial charge in [0, 0.05) is 78.7 Å². The van der Waals surface area contributed by atoms with E-state index < -0.39 is 144 Å². The van der Waals surface area contributed by atoms with Gasteiger partial charge in [-0.25, -0.2) is 0 Å². The van der Waals surface area contributed by atoms with Crippen LogP contribution in [0.2, 0.25) is 0 Å². The van der Waals surface area contributed by atoms with Crippen molar-refractivity contribution in [3.05, 3.63) is 228 Å². The summed E-state index contributed by atoms with van der Waals surface area (Å²) in [6.45, 7) is 10.1. The molecule has 0 saturated carbocycles. The van der Waals surface area contributed by atoms with Gasteiger partial charge in [-0.2, -0.15) is 0 Å². The molecule has 0 aliphatic rings. The van der Waals surface area contributed by atoms with Gasteiger partial charge >= 0.3 is 0 Å². The average Bonchev–Trinajstić information content (AvgIpc) is 0.740. The third kappa shape index (κ3) is 10.1. The molecule has 0 bridgehead atoms. The molecule has 10 rings (SSSR count). The van der Waals surface area contributed by atoms with Gasteiger partial charge in [-0.15, -0.1) is 0 Å². The standard InChI is InChI=1S/C71H64O21/c1-29-23-34(26-43(55(29)78)52(37-11-17-46(72)64(87)58(37)81)38-12-18-47(73)65(88)59(38)82)70(4,5)32-7-9-33(10-8-32)71(6,35-24-30(2)56(79)44(27-35)53(39-13-19-48(74)66(89)60(39)83)40-14-20-49(75)67(90)61(40)84)36-25-31(3)57(80)45(28-36)54(41-15-21-50(76)68(91)62(41)85)42-16-22-51(77)69(92)63(42)86/h7-28,52-54,72-92H,1-6H3. The fourth-order valence-electron chi connectivity index (χ4n) is 12.3. The Balaban J connectivity index is 1.24. The molecule has 10 aromatic carbocycles. The number of aromatic hydroxyl groups is 21. The minimum atomic E-state index is -1.60. The van der Waals surface area contributed by atoms with E-state index in [1.54, 1.807) is 62.4 Å². The number of aryl methyl sites for hydroxylation is 3. The number of hydrogen-bond acceptors (Lipinski definition) is 21. The molecular weight excluding hydrogens is 1190 g/mol. The normalized spacial score (nSPS) is 11.9. The lowest BCUT2D eigenvalue weighted by atomic mass is 9.67. The van der Waals surface area contributed by atoms with Crippen molar-refractivity contribution >= 4 is 0 Å². The Bertz CT molecular complexity index is 4300. The molecule has 474 valence electrons. The zero-order valence-electron chi connectivity index (χ0n) is 49.8. The van der Waals surface area contributed by atoms with Gasteiger partial charge in [0.25, 0.3) is 0 Å². The topological polar surface area (TPSA) is 425 Å². The zero-order chi connectivity index (χ0) is 67.2. The highest BCUT2D eigenvalue weighted by Crippen LogP contribution is 2.57. The SMILES string of the molecule is Cc1cc(C(C)(C)c2ccc(C(C)(c3cc(C)c(O)c(C(c4ccc(O)c(O)c4O)c4ccc(O)c(O)c4O)c3)c3cc(C)c(O)c(C(c4ccc(O)c(O)c4O)c4ccc(O)c(O)c4O)c3)cc2)cc(C(c2ccc(O)c(O)c2O)c2ccc(O)c(O)c2O)c1O. The van der Waals surface area contributed by atoms with E-state index >= 15 is 0 Å². The first kappa shape index (κ1) is 63.0. The lowest BCUT2D eigenvalue weighted by Crippen LogP contribution is -2.27. The molecule has 0 heterocycles. The van der Waals surface area contributed by atoms with E-state index in [1.807, 2.05) is 13.8 Å². The van der Waals surface area contributed by atoms with E-state index in [0.717, 1.165) is 36.4 Å². The summed E-state index contributed by atoms with van der Waals surface area (Å²) in [6.07, 6.45) is 0. The molecule has 21 nitrogen and oxygen atoms in total. The summed E-state index contributed by atoms with van der Waals surface area (Å²) in [5.41, 5.74) is -1.27. The summed E-state index contributed by atoms with van der Waals surface area (Å²) in [6, 6.07) is 30.2. The number of rotatable bonds is 14. The highest BCUT2D eigenvalue weighted by molar-refractivity contribution is 5.71. The third-order valence-electron chi connectivity index (χ3n) is 17.8. The molecule has 0 fully saturated rings. The summed E-state index contributed by atoms with van der Waals surface area (Å²) in [5.74, 6) is -21.1. The molecule has 92 heavy (non-hydrogen) atoms. The monoisotopic (exact) mass is 1250 g/mol. The predicted molar refractivity (Wildman–Crippen MR) is 334 cm³/mol. The van der Waals surface area contributed by atoms with E-state index in [1.165, 1.54) is 62.4 Å². The lowest BCUT2D eigenvalue weighted by Gasteiger charge is -2.36. The van der Waals surface area contributed by atoms with Gasteiger partial charge in [0.05, 0.1) is 0 Å². The van der Waals surface area contributed by atoms with Gasteiger partial charge in [0.1, 0.15) is 17.2 Å². The van der Waals surface area contributed by atoms with Crippen molar-refractivity contribution in [3.8, 4) is 121 Å². The van der Waals surface area contributed by atoms with Gasteiger partial charge < -0.3 is 107 Å². The van der Waals surface area contributed by atoms with Crippen molar-refractivity contribution in [1.29, 1.82) is 0 Å². The van der Waals surface area contributed by atoms with Crippen molar-refractivity contribution in [3.63, 3.8) is 0 Å². The quantitative estimate of drug-likeness (QED) is 0.0355. The number of hydrogen-bond donors (Lipinski definition) is 21. The van der Waals surface area contributed by atoms with Gasteiger partial charge in [0.2, 0.25) is 34.5 Å². The molecule has 0 unspecified atom stereocenters. The lowest BCUT2D eigenvalue weighted by molar-refractivity contribution is 0.360. The first-order valence-electron chi connectivity index (χ1n) is 28.3. The first-order valence-corrected chi connectivity index (χ1v) is 28.3. The second-order valence-corrected chi connectivity index (χ2v) is 23.5. The van der Waals surface area contributed by atoms with Crippen LogP contribution in [0.25, 0.3) is 0 Å². The maximum absolute atomic E-state index is 12.3. The molecule has 0 atom stereocenters. The number of phenols is 21. The zero-order valence-corrected chi connectivity index (χ0v) is 49.8. The maximum atomic E-state index is 12.3. The summed E-state index contributed by atoms with van der Waals surface area (Å²) < 4.78 is 0. The van der Waals surface area contributed by atoms with Crippen molar-refractivity contribution in [2.45, 2.75) is 70.1 Å². The van der Waals surface area contributed by atoms with Crippen LogP contribution in [0.4, 0.5) is 0 Å². The molecule has 10 aromatic rings. The Morgan fingerprint density at radius 2 is 0.413 bits per heavy atom. The van der Waals surface area contributed by atoms with Gasteiger partial charge in [-0.3, -0.25) is 0 Å². The van der Waals surface area contributed by atoms with Crippen LogP contribution in [0, 0.1) is 20.8 Å². The molecule has 0 aromatic heterocycles. The second kappa shape index (κ2) is 22.9. The second-order valence-electron chi connectivity index (χ2n) is 23.5. The molecule has 0 radical (unpaired) electrons. The van der Waals surface area contributed by atoms with Crippen molar-refractivity contribution in [1.82, 2.24) is 0 Å². The van der Waals surface area contributed by atoms with Crippen LogP contribution in [0.1, 0.15) is 133 Å². The maximum Gasteiger partial charge on any atom is 0.200 e. The van der Waals surface area contributed by atoms with Crippen LogP contribution < -0.4 is 0 Å². The Labute approximate surface area is 524 Å². The summed E-state index contributed by atoms with van der Waals surface area (Å²) in [4.78, 5) is 0. The van der Waals surface area contributed by atoms with Gasteiger partial charge in [-0.05, 0) is 121 Å². The van der Waals surface area contributed by atoms with Crippen LogP contribution in [-0.4, -0.2) is 107 Å². The molecule has 0 aliphatic carbocycles. The van der Waals surface area contributed by atoms with E-state index in [4.69, 9.17) is 0 Å². The van der Waals surface area contributed by atoms with Gasteiger partial charge in [-0.1, -0.05) is 98.8 Å². The predicted octanol–water partition coefficient (Wildman–Crippen LogP) is 11.7. The Hall–Kier alpha value is -12.0. The minimum absolute atomic E-state index is 0.0324. The van der Waals surface area contributed by atoms with Crippen molar-refractivity contribution in [2.24, 2.45) is 0 Å². The summed E-state index contributed by atoms with van der Waals surface area (Å²) >= 11 is 0. The van der Waals surface area contributed by atoms with Crippen LogP contribution >= 0.6 is 0 Å². The smallest absolute Gasteiger partial charge is 0.200 e. The molecule has 21 heteroatoms. The highest BCUT2D eigenvalue weighted by Gasteiger charge is 2.40. The fourth-order valence-corrected chi connectivity index (χ4v) is 12.3.